The summed E-state index contributed by atoms with van der Waals surface area (Å²) in [7, 11) is 0. The number of allylic oxidation sites excluding steroid dienone is 1. The van der Waals surface area contributed by atoms with Crippen LogP contribution in [0.1, 0.15) is 18.2 Å². The van der Waals surface area contributed by atoms with Gasteiger partial charge in [-0.3, -0.25) is 0 Å². The van der Waals surface area contributed by atoms with Crippen molar-refractivity contribution >= 4 is 23.2 Å². The third kappa shape index (κ3) is 2.60. The van der Waals surface area contributed by atoms with Gasteiger partial charge in [0.1, 0.15) is 23.1 Å². The molecule has 0 bridgehead atoms. The molecule has 0 saturated heterocycles. The monoisotopic (exact) mass is 313 g/mol. The Labute approximate surface area is 116 Å². The van der Waals surface area contributed by atoms with Crippen molar-refractivity contribution in [2.75, 3.05) is 5.88 Å². The number of pyridine rings is 1. The number of aromatic nitrogens is 1. The van der Waals surface area contributed by atoms with Gasteiger partial charge >= 0.3 is 6.18 Å². The second-order valence-electron chi connectivity index (χ2n) is 3.86. The second kappa shape index (κ2) is 4.76. The molecule has 0 amide bonds. The molecule has 0 radical (unpaired) electrons. The van der Waals surface area contributed by atoms with Crippen molar-refractivity contribution < 1.29 is 22.6 Å². The highest BCUT2D eigenvalue weighted by atomic mass is 35.5. The Morgan fingerprint density at radius 3 is 2.53 bits per heavy atom. The van der Waals surface area contributed by atoms with E-state index in [2.05, 4.69) is 4.98 Å². The van der Waals surface area contributed by atoms with E-state index in [4.69, 9.17) is 32.7 Å². The molecule has 0 N–H and O–H groups in total. The van der Waals surface area contributed by atoms with Crippen molar-refractivity contribution in [2.45, 2.75) is 18.9 Å². The van der Waals surface area contributed by atoms with Crippen molar-refractivity contribution in [3.8, 4) is 0 Å². The van der Waals surface area contributed by atoms with Crippen LogP contribution in [0.5, 0.6) is 0 Å². The zero-order valence-electron chi connectivity index (χ0n) is 9.59. The lowest BCUT2D eigenvalue weighted by atomic mass is 10.0. The number of rotatable bonds is 2. The molecule has 1 aliphatic rings. The standard InChI is InChI=1S/C11H8Cl2F3NO2/c1-6-4-18-10(5-12,19-6)7-2-3-8(13)17-9(7)11(14,15)16/h2-4H,5H2,1H3. The Kier molecular flexibility index (Phi) is 3.57. The molecule has 0 saturated carbocycles. The topological polar surface area (TPSA) is 31.4 Å². The highest BCUT2D eigenvalue weighted by Gasteiger charge is 2.48. The second-order valence-corrected chi connectivity index (χ2v) is 4.52. The highest BCUT2D eigenvalue weighted by molar-refractivity contribution is 6.29. The van der Waals surface area contributed by atoms with Crippen LogP contribution in [0.25, 0.3) is 0 Å². The van der Waals surface area contributed by atoms with E-state index in [1.807, 2.05) is 0 Å². The molecule has 8 heteroatoms. The number of ether oxygens (including phenoxy) is 2. The predicted molar refractivity (Wildman–Crippen MR) is 62.6 cm³/mol. The van der Waals surface area contributed by atoms with Gasteiger partial charge in [-0.2, -0.15) is 13.2 Å². The number of alkyl halides is 4. The molecule has 1 aliphatic heterocycles. The first-order valence-corrected chi connectivity index (χ1v) is 6.03. The summed E-state index contributed by atoms with van der Waals surface area (Å²) < 4.78 is 49.4. The van der Waals surface area contributed by atoms with E-state index in [0.29, 0.717) is 5.76 Å². The normalized spacial score (nSPS) is 22.7. The Morgan fingerprint density at radius 1 is 1.37 bits per heavy atom. The van der Waals surface area contributed by atoms with Gasteiger partial charge in [0, 0.05) is 0 Å². The molecule has 0 aliphatic carbocycles. The summed E-state index contributed by atoms with van der Waals surface area (Å²) >= 11 is 11.2. The van der Waals surface area contributed by atoms with Gasteiger partial charge < -0.3 is 9.47 Å². The Morgan fingerprint density at radius 2 is 2.05 bits per heavy atom. The SMILES string of the molecule is CC1=COC(CCl)(c2ccc(Cl)nc2C(F)(F)F)O1. The molecule has 1 aromatic heterocycles. The van der Waals surface area contributed by atoms with Crippen LogP contribution in [0.2, 0.25) is 5.15 Å². The van der Waals surface area contributed by atoms with Gasteiger partial charge in [-0.05, 0) is 19.1 Å². The first-order chi connectivity index (χ1) is 8.78. The molecular formula is C11H8Cl2F3NO2. The van der Waals surface area contributed by atoms with E-state index in [1.54, 1.807) is 6.92 Å². The number of hydrogen-bond acceptors (Lipinski definition) is 3. The third-order valence-electron chi connectivity index (χ3n) is 2.46. The highest BCUT2D eigenvalue weighted by Crippen LogP contribution is 2.42. The summed E-state index contributed by atoms with van der Waals surface area (Å²) in [6.07, 6.45) is -3.49. The van der Waals surface area contributed by atoms with E-state index in [0.717, 1.165) is 6.07 Å². The maximum absolute atomic E-state index is 13.0. The van der Waals surface area contributed by atoms with E-state index in [9.17, 15) is 13.2 Å². The van der Waals surface area contributed by atoms with Crippen molar-refractivity contribution in [2.24, 2.45) is 0 Å². The Hall–Kier alpha value is -1.14. The number of nitrogens with zero attached hydrogens (tertiary/aromatic N) is 1. The molecule has 1 aromatic rings. The minimum Gasteiger partial charge on any atom is -0.451 e. The van der Waals surface area contributed by atoms with Crippen LogP contribution in [-0.4, -0.2) is 10.9 Å². The smallest absolute Gasteiger partial charge is 0.433 e. The van der Waals surface area contributed by atoms with Crippen molar-refractivity contribution in [1.29, 1.82) is 0 Å². The van der Waals surface area contributed by atoms with E-state index < -0.39 is 17.7 Å². The van der Waals surface area contributed by atoms with Crippen LogP contribution in [0.3, 0.4) is 0 Å². The molecule has 0 spiro atoms. The lowest BCUT2D eigenvalue weighted by Gasteiger charge is -2.28. The van der Waals surface area contributed by atoms with E-state index in [-0.39, 0.29) is 16.6 Å². The van der Waals surface area contributed by atoms with Crippen molar-refractivity contribution in [3.05, 3.63) is 40.6 Å². The molecule has 1 atom stereocenters. The Bertz CT molecular complexity index is 533. The van der Waals surface area contributed by atoms with Crippen molar-refractivity contribution in [1.82, 2.24) is 4.98 Å². The average Bonchev–Trinajstić information content (AvgIpc) is 2.71. The molecule has 3 nitrogen and oxygen atoms in total. The summed E-state index contributed by atoms with van der Waals surface area (Å²) in [5, 5.41) is -0.275. The Balaban J connectivity index is 2.56. The van der Waals surface area contributed by atoms with E-state index in [1.165, 1.54) is 12.3 Å². The molecule has 2 heterocycles. The van der Waals surface area contributed by atoms with Crippen LogP contribution < -0.4 is 0 Å². The van der Waals surface area contributed by atoms with E-state index >= 15 is 0 Å². The van der Waals surface area contributed by atoms with Gasteiger partial charge in [0.2, 0.25) is 0 Å². The van der Waals surface area contributed by atoms with Gasteiger partial charge in [-0.15, -0.1) is 11.6 Å². The number of hydrogen-bond donors (Lipinski definition) is 0. The largest absolute Gasteiger partial charge is 0.451 e. The molecule has 1 unspecified atom stereocenters. The fraction of sp³-hybridized carbons (Fsp3) is 0.364. The summed E-state index contributed by atoms with van der Waals surface area (Å²) in [6.45, 7) is 1.55. The van der Waals surface area contributed by atoms with Crippen LogP contribution in [0.4, 0.5) is 13.2 Å². The minimum atomic E-state index is -4.69. The molecule has 0 aromatic carbocycles. The first kappa shape index (κ1) is 14.3. The molecular weight excluding hydrogens is 306 g/mol. The molecule has 2 rings (SSSR count). The number of halogens is 5. The summed E-state index contributed by atoms with van der Waals surface area (Å²) in [5.74, 6) is -1.73. The maximum Gasteiger partial charge on any atom is 0.433 e. The predicted octanol–water partition coefficient (Wildman–Crippen LogP) is 4.05. The molecule has 0 fully saturated rings. The summed E-state index contributed by atoms with van der Waals surface area (Å²) in [6, 6.07) is 2.37. The minimum absolute atomic E-state index is 0.275. The zero-order valence-corrected chi connectivity index (χ0v) is 11.1. The van der Waals surface area contributed by atoms with Gasteiger partial charge in [0.15, 0.2) is 5.69 Å². The fourth-order valence-corrected chi connectivity index (χ4v) is 2.10. The quantitative estimate of drug-likeness (QED) is 0.609. The zero-order chi connectivity index (χ0) is 14.3. The third-order valence-corrected chi connectivity index (χ3v) is 3.02. The van der Waals surface area contributed by atoms with Gasteiger partial charge in [0.25, 0.3) is 5.79 Å². The van der Waals surface area contributed by atoms with Gasteiger partial charge in [0.05, 0.1) is 5.56 Å². The van der Waals surface area contributed by atoms with Crippen LogP contribution in [0.15, 0.2) is 24.2 Å². The molecule has 104 valence electrons. The maximum atomic E-state index is 13.0. The lowest BCUT2D eigenvalue weighted by molar-refractivity contribution is -0.162. The van der Waals surface area contributed by atoms with Gasteiger partial charge in [-0.25, -0.2) is 4.98 Å². The van der Waals surface area contributed by atoms with Gasteiger partial charge in [-0.1, -0.05) is 11.6 Å². The summed E-state index contributed by atoms with van der Waals surface area (Å²) in [5.41, 5.74) is -1.49. The van der Waals surface area contributed by atoms with Crippen LogP contribution in [0, 0.1) is 0 Å². The van der Waals surface area contributed by atoms with Crippen LogP contribution >= 0.6 is 23.2 Å². The fourth-order valence-electron chi connectivity index (χ4n) is 1.69. The average molecular weight is 314 g/mol. The molecule has 19 heavy (non-hydrogen) atoms. The van der Waals surface area contributed by atoms with Crippen LogP contribution in [-0.2, 0) is 21.4 Å². The first-order valence-electron chi connectivity index (χ1n) is 5.12. The summed E-state index contributed by atoms with van der Waals surface area (Å²) in [4.78, 5) is 3.31. The van der Waals surface area contributed by atoms with Crippen molar-refractivity contribution in [3.63, 3.8) is 0 Å². The lowest BCUT2D eigenvalue weighted by Crippen LogP contribution is -2.33.